The molecule has 1 saturated carbocycles. The molecule has 1 aromatic carbocycles. The average molecular weight is 430 g/mol. The number of nitrogens with zero attached hydrogens (tertiary/aromatic N) is 3. The summed E-state index contributed by atoms with van der Waals surface area (Å²) in [6.07, 6.45) is 4.98. The van der Waals surface area contributed by atoms with E-state index in [2.05, 4.69) is 32.7 Å². The van der Waals surface area contributed by atoms with Crippen molar-refractivity contribution in [2.24, 2.45) is 0 Å². The van der Waals surface area contributed by atoms with Crippen molar-refractivity contribution < 1.29 is 9.53 Å². The quantitative estimate of drug-likeness (QED) is 0.704. The molecule has 2 atom stereocenters. The molecule has 2 heterocycles. The number of morpholine rings is 1. The molecule has 0 bridgehead atoms. The summed E-state index contributed by atoms with van der Waals surface area (Å²) < 4.78 is 5.52. The van der Waals surface area contributed by atoms with Gasteiger partial charge in [-0.3, -0.25) is 9.69 Å². The Bertz CT molecular complexity index is 819. The Labute approximate surface area is 182 Å². The fourth-order valence-electron chi connectivity index (χ4n) is 4.29. The van der Waals surface area contributed by atoms with Gasteiger partial charge in [0.25, 0.3) is 5.91 Å². The third-order valence-electron chi connectivity index (χ3n) is 5.99. The molecule has 8 heteroatoms. The predicted octanol–water partition coefficient (Wildman–Crippen LogP) is 2.51. The first-order chi connectivity index (χ1) is 14.7. The van der Waals surface area contributed by atoms with E-state index in [9.17, 15) is 4.79 Å². The van der Waals surface area contributed by atoms with Crippen molar-refractivity contribution in [2.45, 2.75) is 57.8 Å². The standard InChI is InChI=1S/C22H31N5O2S/c1-16-6-8-17(9-7-16)14-24-21(28)22-26-25-20(30-22)15-23-18-4-2-3-5-19(18)27-10-12-29-13-11-27/h6-9,18-19,23H,2-5,10-15H2,1H3,(H,24,28). The van der Waals surface area contributed by atoms with Crippen LogP contribution in [0.4, 0.5) is 0 Å². The largest absolute Gasteiger partial charge is 0.379 e. The van der Waals surface area contributed by atoms with Crippen LogP contribution < -0.4 is 10.6 Å². The molecule has 1 saturated heterocycles. The van der Waals surface area contributed by atoms with Gasteiger partial charge in [0.1, 0.15) is 5.01 Å². The topological polar surface area (TPSA) is 79.4 Å². The third-order valence-corrected chi connectivity index (χ3v) is 6.92. The van der Waals surface area contributed by atoms with Crippen molar-refractivity contribution in [3.63, 3.8) is 0 Å². The van der Waals surface area contributed by atoms with E-state index in [0.717, 1.165) is 36.9 Å². The number of amides is 1. The van der Waals surface area contributed by atoms with Crippen LogP contribution in [-0.4, -0.2) is 59.4 Å². The van der Waals surface area contributed by atoms with Crippen LogP contribution in [0.1, 0.15) is 51.6 Å². The second-order valence-corrected chi connectivity index (χ2v) is 9.22. The van der Waals surface area contributed by atoms with E-state index < -0.39 is 0 Å². The Kier molecular flexibility index (Phi) is 7.43. The Morgan fingerprint density at radius 2 is 1.90 bits per heavy atom. The first-order valence-corrected chi connectivity index (χ1v) is 11.7. The average Bonchev–Trinajstić information content (AvgIpc) is 3.27. The minimum Gasteiger partial charge on any atom is -0.379 e. The molecular weight excluding hydrogens is 398 g/mol. The molecule has 2 aromatic rings. The van der Waals surface area contributed by atoms with E-state index in [-0.39, 0.29) is 5.91 Å². The lowest BCUT2D eigenvalue weighted by Crippen LogP contribution is -2.54. The number of rotatable bonds is 7. The maximum atomic E-state index is 12.4. The number of hydrogen-bond donors (Lipinski definition) is 2. The van der Waals surface area contributed by atoms with Gasteiger partial charge in [-0.15, -0.1) is 10.2 Å². The van der Waals surface area contributed by atoms with E-state index in [1.165, 1.54) is 42.6 Å². The van der Waals surface area contributed by atoms with Gasteiger partial charge < -0.3 is 15.4 Å². The SMILES string of the molecule is Cc1ccc(CNC(=O)c2nnc(CNC3CCCCC3N3CCOCC3)s2)cc1. The van der Waals surface area contributed by atoms with E-state index in [1.54, 1.807) is 0 Å². The number of carbonyl (C=O) groups excluding carboxylic acids is 1. The van der Waals surface area contributed by atoms with Gasteiger partial charge in [0.05, 0.1) is 19.8 Å². The van der Waals surface area contributed by atoms with Crippen LogP contribution in [-0.2, 0) is 17.8 Å². The van der Waals surface area contributed by atoms with Crippen molar-refractivity contribution in [1.29, 1.82) is 0 Å². The summed E-state index contributed by atoms with van der Waals surface area (Å²) in [5.41, 5.74) is 2.28. The first-order valence-electron chi connectivity index (χ1n) is 10.9. The lowest BCUT2D eigenvalue weighted by molar-refractivity contribution is -0.000472. The van der Waals surface area contributed by atoms with Crippen LogP contribution in [0.3, 0.4) is 0 Å². The summed E-state index contributed by atoms with van der Waals surface area (Å²) in [7, 11) is 0. The lowest BCUT2D eigenvalue weighted by Gasteiger charge is -2.42. The van der Waals surface area contributed by atoms with Gasteiger partial charge in [-0.05, 0) is 25.3 Å². The molecule has 162 valence electrons. The summed E-state index contributed by atoms with van der Waals surface area (Å²) >= 11 is 1.37. The molecule has 1 amide bonds. The zero-order valence-corrected chi connectivity index (χ0v) is 18.4. The van der Waals surface area contributed by atoms with Gasteiger partial charge in [-0.25, -0.2) is 0 Å². The van der Waals surface area contributed by atoms with Crippen LogP contribution in [0.5, 0.6) is 0 Å². The summed E-state index contributed by atoms with van der Waals surface area (Å²) in [5.74, 6) is -0.164. The monoisotopic (exact) mass is 429 g/mol. The smallest absolute Gasteiger partial charge is 0.282 e. The second-order valence-electron chi connectivity index (χ2n) is 8.16. The van der Waals surface area contributed by atoms with E-state index >= 15 is 0 Å². The summed E-state index contributed by atoms with van der Waals surface area (Å²) in [6.45, 7) is 6.92. The molecule has 0 radical (unpaired) electrons. The molecule has 4 rings (SSSR count). The van der Waals surface area contributed by atoms with Crippen LogP contribution in [0.15, 0.2) is 24.3 Å². The normalized spacial score (nSPS) is 22.7. The molecule has 2 unspecified atom stereocenters. The molecule has 2 N–H and O–H groups in total. The number of aromatic nitrogens is 2. The number of benzene rings is 1. The summed E-state index contributed by atoms with van der Waals surface area (Å²) in [4.78, 5) is 15.0. The second kappa shape index (κ2) is 10.4. The highest BCUT2D eigenvalue weighted by atomic mass is 32.1. The van der Waals surface area contributed by atoms with Crippen molar-refractivity contribution in [1.82, 2.24) is 25.7 Å². The number of carbonyl (C=O) groups is 1. The lowest BCUT2D eigenvalue weighted by atomic mass is 9.89. The molecule has 0 spiro atoms. The van der Waals surface area contributed by atoms with Gasteiger partial charge >= 0.3 is 0 Å². The van der Waals surface area contributed by atoms with E-state index in [1.807, 2.05) is 24.3 Å². The molecule has 7 nitrogen and oxygen atoms in total. The maximum Gasteiger partial charge on any atom is 0.282 e. The number of aryl methyl sites for hydroxylation is 1. The molecule has 2 fully saturated rings. The Balaban J connectivity index is 1.28. The molecule has 2 aliphatic rings. The highest BCUT2D eigenvalue weighted by Crippen LogP contribution is 2.24. The first kappa shape index (κ1) is 21.4. The van der Waals surface area contributed by atoms with Gasteiger partial charge in [0, 0.05) is 31.7 Å². The fourth-order valence-corrected chi connectivity index (χ4v) is 5.00. The van der Waals surface area contributed by atoms with Crippen molar-refractivity contribution in [2.75, 3.05) is 26.3 Å². The maximum absolute atomic E-state index is 12.4. The van der Waals surface area contributed by atoms with Crippen LogP contribution in [0, 0.1) is 6.92 Å². The van der Waals surface area contributed by atoms with Gasteiger partial charge in [-0.1, -0.05) is 54.0 Å². The van der Waals surface area contributed by atoms with E-state index in [0.29, 0.717) is 30.2 Å². The Morgan fingerprint density at radius 3 is 2.70 bits per heavy atom. The van der Waals surface area contributed by atoms with Gasteiger partial charge in [0.2, 0.25) is 5.01 Å². The fraction of sp³-hybridized carbons (Fsp3) is 0.591. The predicted molar refractivity (Wildman–Crippen MR) is 118 cm³/mol. The Hall–Kier alpha value is -1.87. The summed E-state index contributed by atoms with van der Waals surface area (Å²) in [5, 5.41) is 16.3. The van der Waals surface area contributed by atoms with Crippen molar-refractivity contribution >= 4 is 17.2 Å². The van der Waals surface area contributed by atoms with Crippen molar-refractivity contribution in [3.8, 4) is 0 Å². The third kappa shape index (κ3) is 5.63. The van der Waals surface area contributed by atoms with Crippen LogP contribution in [0.25, 0.3) is 0 Å². The number of ether oxygens (including phenoxy) is 1. The van der Waals surface area contributed by atoms with Crippen LogP contribution >= 0.6 is 11.3 Å². The minimum absolute atomic E-state index is 0.164. The molecule has 1 aromatic heterocycles. The van der Waals surface area contributed by atoms with Crippen molar-refractivity contribution in [3.05, 3.63) is 45.4 Å². The zero-order chi connectivity index (χ0) is 20.8. The molecule has 30 heavy (non-hydrogen) atoms. The molecule has 1 aliphatic carbocycles. The van der Waals surface area contributed by atoms with E-state index in [4.69, 9.17) is 4.74 Å². The van der Waals surface area contributed by atoms with Gasteiger partial charge in [0.15, 0.2) is 0 Å². The molecule has 1 aliphatic heterocycles. The minimum atomic E-state index is -0.164. The highest BCUT2D eigenvalue weighted by Gasteiger charge is 2.31. The molecular formula is C22H31N5O2S. The zero-order valence-electron chi connectivity index (χ0n) is 17.6. The highest BCUT2D eigenvalue weighted by molar-refractivity contribution is 7.13. The summed E-state index contributed by atoms with van der Waals surface area (Å²) in [6, 6.07) is 9.17. The van der Waals surface area contributed by atoms with Gasteiger partial charge in [-0.2, -0.15) is 0 Å². The Morgan fingerprint density at radius 1 is 1.13 bits per heavy atom. The number of hydrogen-bond acceptors (Lipinski definition) is 7. The van der Waals surface area contributed by atoms with Crippen LogP contribution in [0.2, 0.25) is 0 Å². The number of nitrogens with one attached hydrogen (secondary N) is 2.